The van der Waals surface area contributed by atoms with E-state index in [1.54, 1.807) is 0 Å². The molecule has 0 radical (unpaired) electrons. The van der Waals surface area contributed by atoms with Gasteiger partial charge >= 0.3 is 12.3 Å². The fourth-order valence-electron chi connectivity index (χ4n) is 1.14. The molecule has 6 nitrogen and oxygen atoms in total. The van der Waals surface area contributed by atoms with Crippen molar-refractivity contribution >= 4 is 11.7 Å². The molecule has 2 N–H and O–H groups in total. The second-order valence-electron chi connectivity index (χ2n) is 3.16. The summed E-state index contributed by atoms with van der Waals surface area (Å²) in [6, 6.07) is 2.34. The molecule has 9 heteroatoms. The molecule has 0 saturated heterocycles. The van der Waals surface area contributed by atoms with Crippen LogP contribution in [0.2, 0.25) is 0 Å². The molecule has 0 saturated carbocycles. The van der Waals surface area contributed by atoms with E-state index in [1.807, 2.05) is 0 Å². The van der Waals surface area contributed by atoms with Gasteiger partial charge in [0.1, 0.15) is 11.6 Å². The standard InChI is InChI=1S/C10H8F3N3O3/c1-2-18-9(17)5-3-6(15)7(4-14)16-8(5)19-10(11,12)13/h3H,2,15H2,1H3. The van der Waals surface area contributed by atoms with Crippen LogP contribution in [-0.2, 0) is 4.74 Å². The number of pyridine rings is 1. The molecule has 0 fully saturated rings. The minimum absolute atomic E-state index is 0.0514. The van der Waals surface area contributed by atoms with Crippen LogP contribution >= 0.6 is 0 Å². The van der Waals surface area contributed by atoms with Gasteiger partial charge in [-0.2, -0.15) is 10.2 Å². The number of anilines is 1. The van der Waals surface area contributed by atoms with E-state index in [1.165, 1.54) is 13.0 Å². The van der Waals surface area contributed by atoms with Crippen LogP contribution < -0.4 is 10.5 Å². The Morgan fingerprint density at radius 2 is 2.21 bits per heavy atom. The van der Waals surface area contributed by atoms with Gasteiger partial charge in [-0.3, -0.25) is 0 Å². The molecule has 19 heavy (non-hydrogen) atoms. The summed E-state index contributed by atoms with van der Waals surface area (Å²) in [4.78, 5) is 14.7. The average molecular weight is 275 g/mol. The van der Waals surface area contributed by atoms with Crippen molar-refractivity contribution in [1.82, 2.24) is 4.98 Å². The number of nitrogens with two attached hydrogens (primary N) is 1. The zero-order valence-electron chi connectivity index (χ0n) is 9.61. The van der Waals surface area contributed by atoms with Gasteiger partial charge in [0.2, 0.25) is 5.88 Å². The van der Waals surface area contributed by atoms with Gasteiger partial charge in [0.05, 0.1) is 12.3 Å². The van der Waals surface area contributed by atoms with Crippen molar-refractivity contribution in [3.8, 4) is 11.9 Å². The first kappa shape index (κ1) is 14.6. The number of hydrogen-bond acceptors (Lipinski definition) is 6. The summed E-state index contributed by atoms with van der Waals surface area (Å²) in [5.74, 6) is -2.15. The van der Waals surface area contributed by atoms with Crippen molar-refractivity contribution in [1.29, 1.82) is 5.26 Å². The molecule has 0 unspecified atom stereocenters. The lowest BCUT2D eigenvalue weighted by atomic mass is 10.2. The van der Waals surface area contributed by atoms with Gasteiger partial charge in [-0.05, 0) is 13.0 Å². The molecule has 1 rings (SSSR count). The van der Waals surface area contributed by atoms with E-state index in [-0.39, 0.29) is 12.3 Å². The maximum atomic E-state index is 12.2. The van der Waals surface area contributed by atoms with E-state index in [9.17, 15) is 18.0 Å². The second kappa shape index (κ2) is 5.43. The molecular formula is C10H8F3N3O3. The molecule has 102 valence electrons. The zero-order valence-corrected chi connectivity index (χ0v) is 9.61. The maximum Gasteiger partial charge on any atom is 0.574 e. The third-order valence-corrected chi connectivity index (χ3v) is 1.83. The highest BCUT2D eigenvalue weighted by Gasteiger charge is 2.34. The van der Waals surface area contributed by atoms with Crippen LogP contribution in [0.4, 0.5) is 18.9 Å². The number of ether oxygens (including phenoxy) is 2. The third-order valence-electron chi connectivity index (χ3n) is 1.83. The number of rotatable bonds is 3. The quantitative estimate of drug-likeness (QED) is 0.841. The largest absolute Gasteiger partial charge is 0.574 e. The molecule has 0 aliphatic carbocycles. The number of hydrogen-bond donors (Lipinski definition) is 1. The predicted octanol–water partition coefficient (Wildman–Crippen LogP) is 1.61. The van der Waals surface area contributed by atoms with Gasteiger partial charge in [0.25, 0.3) is 0 Å². The molecule has 0 atom stereocenters. The summed E-state index contributed by atoms with van der Waals surface area (Å²) >= 11 is 0. The fourth-order valence-corrected chi connectivity index (χ4v) is 1.14. The molecular weight excluding hydrogens is 267 g/mol. The number of halogens is 3. The average Bonchev–Trinajstić information content (AvgIpc) is 2.29. The summed E-state index contributed by atoms with van der Waals surface area (Å²) in [5.41, 5.74) is 4.04. The monoisotopic (exact) mass is 275 g/mol. The first-order chi connectivity index (χ1) is 8.78. The van der Waals surface area contributed by atoms with E-state index in [4.69, 9.17) is 11.0 Å². The molecule has 1 heterocycles. The van der Waals surface area contributed by atoms with Crippen molar-refractivity contribution in [3.63, 3.8) is 0 Å². The van der Waals surface area contributed by atoms with E-state index < -0.39 is 29.5 Å². The second-order valence-corrected chi connectivity index (χ2v) is 3.16. The minimum atomic E-state index is -5.06. The van der Waals surface area contributed by atoms with Crippen LogP contribution in [0.1, 0.15) is 23.0 Å². The zero-order chi connectivity index (χ0) is 14.6. The molecule has 0 spiro atoms. The first-order valence-electron chi connectivity index (χ1n) is 4.92. The molecule has 0 amide bonds. The normalized spacial score (nSPS) is 10.7. The van der Waals surface area contributed by atoms with Gasteiger partial charge in [0, 0.05) is 0 Å². The van der Waals surface area contributed by atoms with E-state index in [0.29, 0.717) is 0 Å². The molecule has 1 aromatic rings. The summed E-state index contributed by atoms with van der Waals surface area (Å²) in [6.07, 6.45) is -5.06. The Bertz CT molecular complexity index is 537. The summed E-state index contributed by atoms with van der Waals surface area (Å²) < 4.78 is 44.7. The number of nitrogen functional groups attached to an aromatic ring is 1. The molecule has 0 aromatic carbocycles. The highest BCUT2D eigenvalue weighted by molar-refractivity contribution is 5.93. The Kier molecular flexibility index (Phi) is 4.16. The summed E-state index contributed by atoms with van der Waals surface area (Å²) in [7, 11) is 0. The van der Waals surface area contributed by atoms with Crippen LogP contribution in [-0.4, -0.2) is 23.9 Å². The number of nitrogens with zero attached hydrogens (tertiary/aromatic N) is 2. The highest BCUT2D eigenvalue weighted by atomic mass is 19.4. The molecule has 0 bridgehead atoms. The van der Waals surface area contributed by atoms with Gasteiger partial charge in [0.15, 0.2) is 5.69 Å². The van der Waals surface area contributed by atoms with Crippen LogP contribution in [0.3, 0.4) is 0 Å². The third kappa shape index (κ3) is 3.74. The number of carbonyl (C=O) groups is 1. The van der Waals surface area contributed by atoms with Crippen molar-refractivity contribution in [3.05, 3.63) is 17.3 Å². The van der Waals surface area contributed by atoms with Gasteiger partial charge < -0.3 is 15.2 Å². The van der Waals surface area contributed by atoms with Crippen LogP contribution in [0.5, 0.6) is 5.88 Å². The maximum absolute atomic E-state index is 12.2. The molecule has 1 aromatic heterocycles. The number of alkyl halides is 3. The molecule has 0 aliphatic rings. The lowest BCUT2D eigenvalue weighted by Crippen LogP contribution is -2.21. The van der Waals surface area contributed by atoms with Crippen LogP contribution in [0.15, 0.2) is 6.07 Å². The first-order valence-corrected chi connectivity index (χ1v) is 4.92. The van der Waals surface area contributed by atoms with Gasteiger partial charge in [-0.25, -0.2) is 4.79 Å². The minimum Gasteiger partial charge on any atom is -0.462 e. The SMILES string of the molecule is CCOC(=O)c1cc(N)c(C#N)nc1OC(F)(F)F. The van der Waals surface area contributed by atoms with Gasteiger partial charge in [-0.1, -0.05) is 0 Å². The lowest BCUT2D eigenvalue weighted by molar-refractivity contribution is -0.276. The number of esters is 1. The number of carbonyl (C=O) groups excluding carboxylic acids is 1. The van der Waals surface area contributed by atoms with E-state index >= 15 is 0 Å². The number of aromatic nitrogens is 1. The fraction of sp³-hybridized carbons (Fsp3) is 0.300. The van der Waals surface area contributed by atoms with Gasteiger partial charge in [-0.15, -0.1) is 13.2 Å². The van der Waals surface area contributed by atoms with E-state index in [2.05, 4.69) is 14.5 Å². The Morgan fingerprint density at radius 3 is 2.68 bits per heavy atom. The van der Waals surface area contributed by atoms with Crippen molar-refractivity contribution in [2.24, 2.45) is 0 Å². The highest BCUT2D eigenvalue weighted by Crippen LogP contribution is 2.27. The van der Waals surface area contributed by atoms with Crippen molar-refractivity contribution in [2.75, 3.05) is 12.3 Å². The predicted molar refractivity (Wildman–Crippen MR) is 56.0 cm³/mol. The Labute approximate surface area is 105 Å². The Morgan fingerprint density at radius 1 is 1.58 bits per heavy atom. The van der Waals surface area contributed by atoms with E-state index in [0.717, 1.165) is 6.07 Å². The molecule has 0 aliphatic heterocycles. The lowest BCUT2D eigenvalue weighted by Gasteiger charge is -2.12. The van der Waals surface area contributed by atoms with Crippen molar-refractivity contribution < 1.29 is 27.4 Å². The smallest absolute Gasteiger partial charge is 0.462 e. The number of nitriles is 1. The van der Waals surface area contributed by atoms with Crippen LogP contribution in [0.25, 0.3) is 0 Å². The summed E-state index contributed by atoms with van der Waals surface area (Å²) in [5, 5.41) is 8.63. The Hall–Kier alpha value is -2.50. The Balaban J connectivity index is 3.31. The van der Waals surface area contributed by atoms with Crippen molar-refractivity contribution in [2.45, 2.75) is 13.3 Å². The topological polar surface area (TPSA) is 98.2 Å². The van der Waals surface area contributed by atoms with Crippen LogP contribution in [0, 0.1) is 11.3 Å². The summed E-state index contributed by atoms with van der Waals surface area (Å²) in [6.45, 7) is 1.42.